The number of hydrogen-bond donors (Lipinski definition) is 1. The normalized spacial score (nSPS) is 31.6. The summed E-state index contributed by atoms with van der Waals surface area (Å²) in [7, 11) is 0. The molecule has 3 aliphatic carbocycles. The zero-order valence-electron chi connectivity index (χ0n) is 11.2. The molecule has 1 aromatic heterocycles. The molecule has 3 aliphatic rings. The average Bonchev–Trinajstić information content (AvgIpc) is 3.32. The van der Waals surface area contributed by atoms with Crippen molar-refractivity contribution in [1.82, 2.24) is 14.8 Å². The molecule has 19 heavy (non-hydrogen) atoms. The highest BCUT2D eigenvalue weighted by Gasteiger charge is 2.37. The van der Waals surface area contributed by atoms with Gasteiger partial charge in [0, 0.05) is 17.2 Å². The Morgan fingerprint density at radius 2 is 1.79 bits per heavy atom. The molecular formula is C14H21N3OS. The van der Waals surface area contributed by atoms with Crippen molar-refractivity contribution in [3.63, 3.8) is 0 Å². The molecule has 4 rings (SSSR count). The van der Waals surface area contributed by atoms with Gasteiger partial charge in [-0.15, -0.1) is 10.2 Å². The molecule has 104 valence electrons. The quantitative estimate of drug-likeness (QED) is 0.920. The van der Waals surface area contributed by atoms with Crippen LogP contribution in [0, 0.1) is 0 Å². The van der Waals surface area contributed by atoms with Crippen LogP contribution >= 0.6 is 11.8 Å². The summed E-state index contributed by atoms with van der Waals surface area (Å²) in [5.74, 6) is 1.88. The zero-order valence-corrected chi connectivity index (χ0v) is 12.0. The Kier molecular flexibility index (Phi) is 3.07. The molecule has 4 nitrogen and oxygen atoms in total. The summed E-state index contributed by atoms with van der Waals surface area (Å²) in [4.78, 5) is 0. The van der Waals surface area contributed by atoms with Crippen LogP contribution in [-0.2, 0) is 0 Å². The van der Waals surface area contributed by atoms with Crippen molar-refractivity contribution in [3.05, 3.63) is 5.82 Å². The summed E-state index contributed by atoms with van der Waals surface area (Å²) in [6.45, 7) is 0. The van der Waals surface area contributed by atoms with Crippen LogP contribution in [0.3, 0.4) is 0 Å². The van der Waals surface area contributed by atoms with E-state index in [0.717, 1.165) is 18.0 Å². The fraction of sp³-hybridized carbons (Fsp3) is 0.857. The van der Waals surface area contributed by atoms with Crippen LogP contribution in [0.5, 0.6) is 0 Å². The van der Waals surface area contributed by atoms with Crippen LogP contribution in [0.2, 0.25) is 0 Å². The van der Waals surface area contributed by atoms with Gasteiger partial charge in [0.2, 0.25) is 0 Å². The van der Waals surface area contributed by atoms with Gasteiger partial charge in [-0.1, -0.05) is 24.6 Å². The lowest BCUT2D eigenvalue weighted by atomic mass is 9.97. The zero-order chi connectivity index (χ0) is 12.8. The lowest BCUT2D eigenvalue weighted by molar-refractivity contribution is 0.136. The second-order valence-corrected chi connectivity index (χ2v) is 7.43. The molecule has 3 fully saturated rings. The van der Waals surface area contributed by atoms with E-state index in [4.69, 9.17) is 0 Å². The summed E-state index contributed by atoms with van der Waals surface area (Å²) in [6.07, 6.45) is 9.42. The monoisotopic (exact) mass is 279 g/mol. The minimum atomic E-state index is -0.160. The molecule has 0 radical (unpaired) electrons. The summed E-state index contributed by atoms with van der Waals surface area (Å²) in [6, 6.07) is 0.647. The van der Waals surface area contributed by atoms with Crippen LogP contribution in [0.1, 0.15) is 69.2 Å². The summed E-state index contributed by atoms with van der Waals surface area (Å²) in [5.41, 5.74) is 0. The van der Waals surface area contributed by atoms with E-state index in [2.05, 4.69) is 14.8 Å². The Bertz CT molecular complexity index is 467. The third-order valence-corrected chi connectivity index (χ3v) is 5.81. The first-order valence-electron chi connectivity index (χ1n) is 7.62. The summed E-state index contributed by atoms with van der Waals surface area (Å²) < 4.78 is 2.39. The van der Waals surface area contributed by atoms with E-state index in [1.807, 2.05) is 0 Å². The van der Waals surface area contributed by atoms with Crippen molar-refractivity contribution in [2.75, 3.05) is 0 Å². The van der Waals surface area contributed by atoms with Gasteiger partial charge in [0.1, 0.15) is 5.82 Å². The highest BCUT2D eigenvalue weighted by atomic mass is 32.2. The first-order chi connectivity index (χ1) is 9.33. The Labute approximate surface area is 118 Å². The largest absolute Gasteiger partial charge is 0.392 e. The average molecular weight is 279 g/mol. The molecule has 1 N–H and O–H groups in total. The lowest BCUT2D eigenvalue weighted by Crippen LogP contribution is -2.27. The standard InChI is InChI=1S/C14H21N3OS/c18-11-3-1-2-4-12(11)19-14-16-15-13(9-5-6-9)17(14)10-7-8-10/h9-12,18H,1-8H2. The predicted octanol–water partition coefficient (Wildman–Crippen LogP) is 2.89. The second kappa shape index (κ2) is 4.77. The van der Waals surface area contributed by atoms with Gasteiger partial charge < -0.3 is 9.67 Å². The third kappa shape index (κ3) is 2.42. The molecule has 0 aromatic carbocycles. The van der Waals surface area contributed by atoms with Crippen LogP contribution in [0.4, 0.5) is 0 Å². The van der Waals surface area contributed by atoms with Gasteiger partial charge in [-0.3, -0.25) is 0 Å². The number of aliphatic hydroxyl groups excluding tert-OH is 1. The van der Waals surface area contributed by atoms with E-state index in [0.29, 0.717) is 17.2 Å². The molecule has 0 saturated heterocycles. The van der Waals surface area contributed by atoms with Crippen molar-refractivity contribution in [3.8, 4) is 0 Å². The molecule has 0 bridgehead atoms. The van der Waals surface area contributed by atoms with Crippen molar-refractivity contribution < 1.29 is 5.11 Å². The van der Waals surface area contributed by atoms with E-state index >= 15 is 0 Å². The SMILES string of the molecule is OC1CCCCC1Sc1nnc(C2CC2)n1C1CC1. The summed E-state index contributed by atoms with van der Waals surface area (Å²) in [5, 5.41) is 20.4. The molecule has 2 atom stereocenters. The van der Waals surface area contributed by atoms with Gasteiger partial charge in [0.25, 0.3) is 0 Å². The van der Waals surface area contributed by atoms with Crippen LogP contribution in [0.15, 0.2) is 5.16 Å². The number of thioether (sulfide) groups is 1. The minimum absolute atomic E-state index is 0.160. The molecule has 0 amide bonds. The fourth-order valence-corrected chi connectivity index (χ4v) is 4.31. The number of aliphatic hydroxyl groups is 1. The lowest BCUT2D eigenvalue weighted by Gasteiger charge is -2.26. The maximum absolute atomic E-state index is 10.1. The van der Waals surface area contributed by atoms with Crippen molar-refractivity contribution >= 4 is 11.8 Å². The highest BCUT2D eigenvalue weighted by molar-refractivity contribution is 7.99. The van der Waals surface area contributed by atoms with Crippen LogP contribution in [-0.4, -0.2) is 31.2 Å². The Morgan fingerprint density at radius 3 is 2.47 bits per heavy atom. The molecule has 1 aromatic rings. The molecule has 2 unspecified atom stereocenters. The molecular weight excluding hydrogens is 258 g/mol. The molecule has 5 heteroatoms. The van der Waals surface area contributed by atoms with Gasteiger partial charge in [-0.05, 0) is 38.5 Å². The molecule has 0 aliphatic heterocycles. The minimum Gasteiger partial charge on any atom is -0.392 e. The van der Waals surface area contributed by atoms with Crippen molar-refractivity contribution in [2.24, 2.45) is 0 Å². The van der Waals surface area contributed by atoms with E-state index in [1.54, 1.807) is 11.8 Å². The highest BCUT2D eigenvalue weighted by Crippen LogP contribution is 2.47. The van der Waals surface area contributed by atoms with Gasteiger partial charge in [0.15, 0.2) is 5.16 Å². The second-order valence-electron chi connectivity index (χ2n) is 6.22. The predicted molar refractivity (Wildman–Crippen MR) is 74.4 cm³/mol. The van der Waals surface area contributed by atoms with Crippen molar-refractivity contribution in [2.45, 2.75) is 79.8 Å². The topological polar surface area (TPSA) is 50.9 Å². The third-order valence-electron chi connectivity index (χ3n) is 4.47. The maximum Gasteiger partial charge on any atom is 0.191 e. The molecule has 0 spiro atoms. The first-order valence-corrected chi connectivity index (χ1v) is 8.50. The number of nitrogens with zero attached hydrogens (tertiary/aromatic N) is 3. The van der Waals surface area contributed by atoms with Gasteiger partial charge in [-0.2, -0.15) is 0 Å². The van der Waals surface area contributed by atoms with Gasteiger partial charge in [0.05, 0.1) is 6.10 Å². The van der Waals surface area contributed by atoms with E-state index < -0.39 is 0 Å². The maximum atomic E-state index is 10.1. The Morgan fingerprint density at radius 1 is 1.00 bits per heavy atom. The summed E-state index contributed by atoms with van der Waals surface area (Å²) >= 11 is 1.77. The number of hydrogen-bond acceptors (Lipinski definition) is 4. The van der Waals surface area contributed by atoms with Gasteiger partial charge in [-0.25, -0.2) is 0 Å². The first kappa shape index (κ1) is 12.2. The molecule has 3 saturated carbocycles. The fourth-order valence-electron chi connectivity index (χ4n) is 3.01. The van der Waals surface area contributed by atoms with E-state index in [1.165, 1.54) is 44.3 Å². The van der Waals surface area contributed by atoms with Crippen LogP contribution < -0.4 is 0 Å². The van der Waals surface area contributed by atoms with E-state index in [-0.39, 0.29) is 6.10 Å². The number of aromatic nitrogens is 3. The van der Waals surface area contributed by atoms with Gasteiger partial charge >= 0.3 is 0 Å². The van der Waals surface area contributed by atoms with Crippen molar-refractivity contribution in [1.29, 1.82) is 0 Å². The van der Waals surface area contributed by atoms with E-state index in [9.17, 15) is 5.11 Å². The molecule has 1 heterocycles. The van der Waals surface area contributed by atoms with Crippen LogP contribution in [0.25, 0.3) is 0 Å². The number of rotatable bonds is 4. The Balaban J connectivity index is 1.56. The Hall–Kier alpha value is -0.550. The smallest absolute Gasteiger partial charge is 0.191 e.